The van der Waals surface area contributed by atoms with Crippen molar-refractivity contribution in [3.05, 3.63) is 48.8 Å². The van der Waals surface area contributed by atoms with Gasteiger partial charge in [-0.3, -0.25) is 4.79 Å². The van der Waals surface area contributed by atoms with E-state index in [1.165, 1.54) is 19.5 Å². The molecule has 1 aliphatic heterocycles. The number of carbonyl (C=O) groups excluding carboxylic acids is 1. The maximum Gasteiger partial charge on any atom is 0.269 e. The largest absolute Gasteiger partial charge is 0.383 e. The Labute approximate surface area is 180 Å². The summed E-state index contributed by atoms with van der Waals surface area (Å²) in [5, 5.41) is 3.86. The Balaban J connectivity index is 1.89. The molecular formula is C21H24N4O5S. The van der Waals surface area contributed by atoms with Crippen LogP contribution in [0.5, 0.6) is 0 Å². The normalized spacial score (nSPS) is 18.8. The van der Waals surface area contributed by atoms with Gasteiger partial charge >= 0.3 is 0 Å². The highest BCUT2D eigenvalue weighted by Gasteiger charge is 2.43. The minimum absolute atomic E-state index is 0.140. The molecule has 0 saturated carbocycles. The predicted octanol–water partition coefficient (Wildman–Crippen LogP) is 2.08. The zero-order chi connectivity index (χ0) is 22.2. The van der Waals surface area contributed by atoms with Crippen molar-refractivity contribution in [1.82, 2.24) is 8.96 Å². The third-order valence-corrected chi connectivity index (χ3v) is 7.00. The molecule has 31 heavy (non-hydrogen) atoms. The number of nitrogens with zero attached hydrogens (tertiary/aromatic N) is 3. The lowest BCUT2D eigenvalue weighted by molar-refractivity contribution is -0.124. The molecule has 0 unspecified atom stereocenters. The molecule has 1 N–H and O–H groups in total. The summed E-state index contributed by atoms with van der Waals surface area (Å²) >= 11 is 0. The second-order valence-electron chi connectivity index (χ2n) is 7.53. The molecular weight excluding hydrogens is 420 g/mol. The number of hydrogen-bond acceptors (Lipinski definition) is 7. The number of ether oxygens (including phenoxy) is 2. The molecule has 0 saturated heterocycles. The number of anilines is 2. The Morgan fingerprint density at radius 1 is 1.13 bits per heavy atom. The van der Waals surface area contributed by atoms with Crippen molar-refractivity contribution in [1.29, 1.82) is 0 Å². The first-order valence-corrected chi connectivity index (χ1v) is 11.2. The number of hydrogen-bond donors (Lipinski definition) is 1. The van der Waals surface area contributed by atoms with Gasteiger partial charge in [-0.2, -0.15) is 0 Å². The van der Waals surface area contributed by atoms with Gasteiger partial charge in [-0.25, -0.2) is 17.4 Å². The van der Waals surface area contributed by atoms with Crippen molar-refractivity contribution in [3.8, 4) is 0 Å². The molecule has 9 nitrogen and oxygen atoms in total. The number of benzene rings is 1. The van der Waals surface area contributed by atoms with Gasteiger partial charge in [-0.05, 0) is 25.1 Å². The summed E-state index contributed by atoms with van der Waals surface area (Å²) in [5.74, 6) is -0.170. The van der Waals surface area contributed by atoms with Crippen LogP contribution in [0, 0.1) is 0 Å². The van der Waals surface area contributed by atoms with Crippen molar-refractivity contribution in [2.24, 2.45) is 0 Å². The van der Waals surface area contributed by atoms with Gasteiger partial charge in [-0.15, -0.1) is 0 Å². The second-order valence-corrected chi connectivity index (χ2v) is 9.34. The molecule has 3 aromatic rings. The molecule has 10 heteroatoms. The van der Waals surface area contributed by atoms with Crippen LogP contribution in [0.1, 0.15) is 6.92 Å². The highest BCUT2D eigenvalue weighted by molar-refractivity contribution is 7.90. The van der Waals surface area contributed by atoms with E-state index in [9.17, 15) is 13.2 Å². The molecule has 164 valence electrons. The van der Waals surface area contributed by atoms with E-state index in [0.29, 0.717) is 29.9 Å². The molecule has 0 fully saturated rings. The van der Waals surface area contributed by atoms with E-state index in [1.54, 1.807) is 55.3 Å². The Hall–Kier alpha value is -2.95. The first kappa shape index (κ1) is 21.3. The summed E-state index contributed by atoms with van der Waals surface area (Å²) in [7, 11) is -0.730. The third-order valence-electron chi connectivity index (χ3n) is 5.32. The van der Waals surface area contributed by atoms with Crippen LogP contribution in [-0.4, -0.2) is 62.8 Å². The summed E-state index contributed by atoms with van der Waals surface area (Å²) < 4.78 is 38.0. The lowest BCUT2D eigenvalue weighted by Crippen LogP contribution is -2.58. The molecule has 0 aliphatic carbocycles. The van der Waals surface area contributed by atoms with E-state index in [-0.39, 0.29) is 23.1 Å². The quantitative estimate of drug-likeness (QED) is 0.595. The number of pyridine rings is 1. The second kappa shape index (κ2) is 7.95. The van der Waals surface area contributed by atoms with E-state index in [0.717, 1.165) is 3.97 Å². The summed E-state index contributed by atoms with van der Waals surface area (Å²) in [6.45, 7) is 2.57. The standard InChI is InChI=1S/C21H24N4O5S/c1-21(14-30-3)20(26)24(11-12-29-2)17-13-22-19-16(18(17)23-21)9-10-25(19)31(27,28)15-7-5-4-6-8-15/h4-10,13,23H,11-12,14H2,1-3H3/t21-/m0/s1. The Morgan fingerprint density at radius 3 is 2.55 bits per heavy atom. The van der Waals surface area contributed by atoms with Crippen molar-refractivity contribution >= 4 is 38.3 Å². The topological polar surface area (TPSA) is 103 Å². The minimum Gasteiger partial charge on any atom is -0.383 e. The highest BCUT2D eigenvalue weighted by Crippen LogP contribution is 2.40. The Morgan fingerprint density at radius 2 is 1.87 bits per heavy atom. The number of rotatable bonds is 7. The summed E-state index contributed by atoms with van der Waals surface area (Å²) in [5.41, 5.74) is 0.445. The zero-order valence-electron chi connectivity index (χ0n) is 17.5. The summed E-state index contributed by atoms with van der Waals surface area (Å²) in [6, 6.07) is 9.87. The van der Waals surface area contributed by atoms with E-state index in [4.69, 9.17) is 9.47 Å². The van der Waals surface area contributed by atoms with Crippen molar-refractivity contribution < 1.29 is 22.7 Å². The average molecular weight is 445 g/mol. The van der Waals surface area contributed by atoms with Crippen LogP contribution >= 0.6 is 0 Å². The SMILES string of the molecule is COCCN1C(=O)[C@](C)(COC)Nc2c1cnc1c2ccn1S(=O)(=O)c1ccccc1. The van der Waals surface area contributed by atoms with Gasteiger partial charge in [0.1, 0.15) is 5.54 Å². The molecule has 2 aromatic heterocycles. The molecule has 1 aliphatic rings. The molecule has 1 amide bonds. The molecule has 0 spiro atoms. The van der Waals surface area contributed by atoms with Crippen LogP contribution in [0.3, 0.4) is 0 Å². The lowest BCUT2D eigenvalue weighted by Gasteiger charge is -2.41. The molecule has 4 rings (SSSR count). The fourth-order valence-electron chi connectivity index (χ4n) is 3.82. The third kappa shape index (κ3) is 3.46. The van der Waals surface area contributed by atoms with Gasteiger partial charge in [0.05, 0.1) is 35.7 Å². The Bertz CT molecular complexity index is 1230. The number of carbonyl (C=O) groups is 1. The molecule has 0 bridgehead atoms. The van der Waals surface area contributed by atoms with Crippen LogP contribution in [0.4, 0.5) is 11.4 Å². The van der Waals surface area contributed by atoms with Crippen LogP contribution in [0.2, 0.25) is 0 Å². The van der Waals surface area contributed by atoms with E-state index < -0.39 is 15.6 Å². The van der Waals surface area contributed by atoms with Crippen LogP contribution in [0.15, 0.2) is 53.7 Å². The van der Waals surface area contributed by atoms with Gasteiger partial charge in [0.15, 0.2) is 5.65 Å². The van der Waals surface area contributed by atoms with Gasteiger partial charge in [0.25, 0.3) is 15.9 Å². The molecule has 1 atom stereocenters. The monoisotopic (exact) mass is 444 g/mol. The number of methoxy groups -OCH3 is 2. The fraction of sp³-hybridized carbons (Fsp3) is 0.333. The van der Waals surface area contributed by atoms with Crippen LogP contribution < -0.4 is 10.2 Å². The van der Waals surface area contributed by atoms with Gasteiger partial charge in [0, 0.05) is 32.3 Å². The van der Waals surface area contributed by atoms with Crippen molar-refractivity contribution in [3.63, 3.8) is 0 Å². The average Bonchev–Trinajstić information content (AvgIpc) is 3.21. The zero-order valence-corrected chi connectivity index (χ0v) is 18.3. The minimum atomic E-state index is -3.83. The first-order valence-electron chi connectivity index (χ1n) is 9.72. The highest BCUT2D eigenvalue weighted by atomic mass is 32.2. The van der Waals surface area contributed by atoms with Crippen LogP contribution in [0.25, 0.3) is 11.0 Å². The van der Waals surface area contributed by atoms with Gasteiger partial charge in [0.2, 0.25) is 0 Å². The summed E-state index contributed by atoms with van der Waals surface area (Å²) in [6.07, 6.45) is 2.99. The van der Waals surface area contributed by atoms with Gasteiger partial charge in [-0.1, -0.05) is 18.2 Å². The van der Waals surface area contributed by atoms with Crippen molar-refractivity contribution in [2.45, 2.75) is 17.4 Å². The smallest absolute Gasteiger partial charge is 0.269 e. The number of aromatic nitrogens is 2. The molecule has 3 heterocycles. The maximum absolute atomic E-state index is 13.2. The van der Waals surface area contributed by atoms with Gasteiger partial charge < -0.3 is 19.7 Å². The predicted molar refractivity (Wildman–Crippen MR) is 117 cm³/mol. The first-order chi connectivity index (χ1) is 14.8. The lowest BCUT2D eigenvalue weighted by atomic mass is 9.96. The van der Waals surface area contributed by atoms with E-state index in [2.05, 4.69) is 10.3 Å². The van der Waals surface area contributed by atoms with E-state index in [1.807, 2.05) is 0 Å². The number of amides is 1. The number of nitrogens with one attached hydrogen (secondary N) is 1. The molecule has 0 radical (unpaired) electrons. The van der Waals surface area contributed by atoms with E-state index >= 15 is 0 Å². The number of fused-ring (bicyclic) bond motifs is 3. The maximum atomic E-state index is 13.2. The Kier molecular flexibility index (Phi) is 5.46. The fourth-order valence-corrected chi connectivity index (χ4v) is 5.14. The summed E-state index contributed by atoms with van der Waals surface area (Å²) in [4.78, 5) is 19.4. The molecule has 1 aromatic carbocycles. The van der Waals surface area contributed by atoms with Crippen LogP contribution in [-0.2, 0) is 24.3 Å². The van der Waals surface area contributed by atoms with Crippen molar-refractivity contribution in [2.75, 3.05) is 44.2 Å².